The van der Waals surface area contributed by atoms with Gasteiger partial charge in [0.05, 0.1) is 0 Å². The zero-order valence-electron chi connectivity index (χ0n) is 10.7. The van der Waals surface area contributed by atoms with Crippen molar-refractivity contribution in [1.29, 1.82) is 0 Å². The second-order valence-electron chi connectivity index (χ2n) is 4.22. The van der Waals surface area contributed by atoms with E-state index in [1.807, 2.05) is 0 Å². The number of nitrogens with two attached hydrogens (primary N) is 1. The minimum absolute atomic E-state index is 0.135. The number of carbonyl (C=O) groups is 1. The molecule has 1 amide bonds. The van der Waals surface area contributed by atoms with Gasteiger partial charge < -0.3 is 15.6 Å². The largest absolute Gasteiger partial charge is 0.508 e. The normalized spacial score (nSPS) is 10.2. The fraction of sp³-hybridized carbons (Fsp3) is 0.143. The molecule has 98 valence electrons. The van der Waals surface area contributed by atoms with Gasteiger partial charge >= 0.3 is 0 Å². The van der Waals surface area contributed by atoms with Gasteiger partial charge in [0.1, 0.15) is 17.1 Å². The fourth-order valence-corrected chi connectivity index (χ4v) is 1.80. The average Bonchev–Trinajstić information content (AvgIpc) is 2.30. The van der Waals surface area contributed by atoms with Gasteiger partial charge in [-0.25, -0.2) is 4.98 Å². The highest BCUT2D eigenvalue weighted by Gasteiger charge is 2.16. The molecular weight excluding hydrogens is 244 g/mol. The van der Waals surface area contributed by atoms with E-state index in [4.69, 9.17) is 10.5 Å². The van der Waals surface area contributed by atoms with Crippen molar-refractivity contribution in [2.24, 2.45) is 5.73 Å². The van der Waals surface area contributed by atoms with Crippen LogP contribution >= 0.6 is 0 Å². The standard InChI is InChI=1S/C14H14N2O3/c1-8-7-9(2)16-14(12(8)13(15)18)19-11-5-3-10(17)4-6-11/h3-7,17H,1-2H3,(H2,15,18). The lowest BCUT2D eigenvalue weighted by Crippen LogP contribution is -2.15. The number of aromatic nitrogens is 1. The predicted octanol–water partition coefficient (Wildman–Crippen LogP) is 2.30. The number of carbonyl (C=O) groups excluding carboxylic acids is 1. The molecule has 1 aromatic heterocycles. The lowest BCUT2D eigenvalue weighted by molar-refractivity contribution is 0.0997. The number of phenolic OH excluding ortho intramolecular Hbond substituents is 1. The highest BCUT2D eigenvalue weighted by atomic mass is 16.5. The molecule has 0 saturated heterocycles. The van der Waals surface area contributed by atoms with Crippen molar-refractivity contribution in [2.45, 2.75) is 13.8 Å². The van der Waals surface area contributed by atoms with E-state index in [-0.39, 0.29) is 17.2 Å². The molecule has 0 fully saturated rings. The van der Waals surface area contributed by atoms with E-state index in [1.165, 1.54) is 12.1 Å². The van der Waals surface area contributed by atoms with Gasteiger partial charge in [0, 0.05) is 5.69 Å². The Morgan fingerprint density at radius 2 is 1.89 bits per heavy atom. The topological polar surface area (TPSA) is 85.4 Å². The van der Waals surface area contributed by atoms with Gasteiger partial charge in [-0.05, 0) is 49.7 Å². The molecule has 0 saturated carbocycles. The number of benzene rings is 1. The summed E-state index contributed by atoms with van der Waals surface area (Å²) >= 11 is 0. The maximum Gasteiger partial charge on any atom is 0.254 e. The van der Waals surface area contributed by atoms with Crippen LogP contribution in [0.25, 0.3) is 0 Å². The summed E-state index contributed by atoms with van der Waals surface area (Å²) in [6, 6.07) is 7.91. The van der Waals surface area contributed by atoms with Gasteiger partial charge in [0.25, 0.3) is 5.91 Å². The molecule has 0 aliphatic carbocycles. The van der Waals surface area contributed by atoms with Crippen LogP contribution in [-0.2, 0) is 0 Å². The maximum atomic E-state index is 11.5. The summed E-state index contributed by atoms with van der Waals surface area (Å²) in [7, 11) is 0. The number of nitrogens with zero attached hydrogens (tertiary/aromatic N) is 1. The number of hydrogen-bond donors (Lipinski definition) is 2. The maximum absolute atomic E-state index is 11.5. The Labute approximate surface area is 110 Å². The van der Waals surface area contributed by atoms with E-state index in [9.17, 15) is 9.90 Å². The van der Waals surface area contributed by atoms with Crippen LogP contribution in [0.1, 0.15) is 21.6 Å². The van der Waals surface area contributed by atoms with Crippen LogP contribution in [0, 0.1) is 13.8 Å². The molecule has 2 aromatic rings. The van der Waals surface area contributed by atoms with Gasteiger partial charge in [-0.1, -0.05) is 0 Å². The summed E-state index contributed by atoms with van der Waals surface area (Å²) in [4.78, 5) is 15.6. The van der Waals surface area contributed by atoms with Gasteiger partial charge in [-0.3, -0.25) is 4.79 Å². The first-order valence-corrected chi connectivity index (χ1v) is 5.72. The molecule has 1 heterocycles. The Morgan fingerprint density at radius 1 is 1.26 bits per heavy atom. The Hall–Kier alpha value is -2.56. The molecule has 0 aliphatic heterocycles. The van der Waals surface area contributed by atoms with Crippen molar-refractivity contribution in [3.8, 4) is 17.4 Å². The highest BCUT2D eigenvalue weighted by molar-refractivity contribution is 5.96. The van der Waals surface area contributed by atoms with E-state index < -0.39 is 5.91 Å². The van der Waals surface area contributed by atoms with Gasteiger partial charge in [0.2, 0.25) is 5.88 Å². The van der Waals surface area contributed by atoms with Gasteiger partial charge in [0.15, 0.2) is 0 Å². The van der Waals surface area contributed by atoms with Crippen LogP contribution in [0.15, 0.2) is 30.3 Å². The van der Waals surface area contributed by atoms with Crippen molar-refractivity contribution in [2.75, 3.05) is 0 Å². The molecule has 0 atom stereocenters. The zero-order chi connectivity index (χ0) is 14.0. The Bertz CT molecular complexity index is 621. The smallest absolute Gasteiger partial charge is 0.254 e. The number of pyridine rings is 1. The lowest BCUT2D eigenvalue weighted by atomic mass is 10.1. The van der Waals surface area contributed by atoms with E-state index >= 15 is 0 Å². The molecule has 5 nitrogen and oxygen atoms in total. The number of hydrogen-bond acceptors (Lipinski definition) is 4. The number of ether oxygens (including phenoxy) is 1. The third-order valence-electron chi connectivity index (χ3n) is 2.61. The summed E-state index contributed by atoms with van der Waals surface area (Å²) in [5.41, 5.74) is 7.06. The first kappa shape index (κ1) is 12.9. The first-order chi connectivity index (χ1) is 8.97. The minimum atomic E-state index is -0.584. The Kier molecular flexibility index (Phi) is 3.37. The molecule has 0 aliphatic rings. The molecular formula is C14H14N2O3. The summed E-state index contributed by atoms with van der Waals surface area (Å²) in [6.45, 7) is 3.58. The summed E-state index contributed by atoms with van der Waals surface area (Å²) in [6.07, 6.45) is 0. The van der Waals surface area contributed by atoms with Crippen LogP contribution in [0.5, 0.6) is 17.4 Å². The number of phenols is 1. The van der Waals surface area contributed by atoms with E-state index in [1.54, 1.807) is 32.0 Å². The van der Waals surface area contributed by atoms with Crippen LogP contribution in [0.4, 0.5) is 0 Å². The first-order valence-electron chi connectivity index (χ1n) is 5.72. The molecule has 3 N–H and O–H groups in total. The van der Waals surface area contributed by atoms with Crippen molar-refractivity contribution in [3.63, 3.8) is 0 Å². The monoisotopic (exact) mass is 258 g/mol. The van der Waals surface area contributed by atoms with Crippen molar-refractivity contribution < 1.29 is 14.6 Å². The molecule has 19 heavy (non-hydrogen) atoms. The summed E-state index contributed by atoms with van der Waals surface area (Å²) < 4.78 is 5.56. The van der Waals surface area contributed by atoms with Crippen molar-refractivity contribution in [3.05, 3.63) is 47.2 Å². The predicted molar refractivity (Wildman–Crippen MR) is 70.4 cm³/mol. The second-order valence-corrected chi connectivity index (χ2v) is 4.22. The minimum Gasteiger partial charge on any atom is -0.508 e. The van der Waals surface area contributed by atoms with Gasteiger partial charge in [-0.15, -0.1) is 0 Å². The number of primary amides is 1. The van der Waals surface area contributed by atoms with E-state index in [2.05, 4.69) is 4.98 Å². The number of rotatable bonds is 3. The third-order valence-corrected chi connectivity index (χ3v) is 2.61. The SMILES string of the molecule is Cc1cc(C)c(C(N)=O)c(Oc2ccc(O)cc2)n1. The quantitative estimate of drug-likeness (QED) is 0.884. The van der Waals surface area contributed by atoms with Gasteiger partial charge in [-0.2, -0.15) is 0 Å². The van der Waals surface area contributed by atoms with E-state index in [0.717, 1.165) is 5.69 Å². The fourth-order valence-electron chi connectivity index (χ4n) is 1.80. The lowest BCUT2D eigenvalue weighted by Gasteiger charge is -2.11. The van der Waals surface area contributed by atoms with Crippen LogP contribution in [-0.4, -0.2) is 16.0 Å². The Morgan fingerprint density at radius 3 is 2.47 bits per heavy atom. The van der Waals surface area contributed by atoms with E-state index in [0.29, 0.717) is 11.3 Å². The van der Waals surface area contributed by atoms with Crippen LogP contribution in [0.2, 0.25) is 0 Å². The zero-order valence-corrected chi connectivity index (χ0v) is 10.7. The molecule has 0 spiro atoms. The van der Waals surface area contributed by atoms with Crippen LogP contribution in [0.3, 0.4) is 0 Å². The summed E-state index contributed by atoms with van der Waals surface area (Å²) in [5, 5.41) is 9.21. The number of amides is 1. The molecule has 1 aromatic carbocycles. The second kappa shape index (κ2) is 4.97. The molecule has 0 radical (unpaired) electrons. The molecule has 0 unspecified atom stereocenters. The Balaban J connectivity index is 2.44. The average molecular weight is 258 g/mol. The van der Waals surface area contributed by atoms with Crippen molar-refractivity contribution in [1.82, 2.24) is 4.98 Å². The molecule has 0 bridgehead atoms. The highest BCUT2D eigenvalue weighted by Crippen LogP contribution is 2.27. The number of aryl methyl sites for hydroxylation is 2. The summed E-state index contributed by atoms with van der Waals surface area (Å²) in [5.74, 6) is 0.197. The van der Waals surface area contributed by atoms with Crippen molar-refractivity contribution >= 4 is 5.91 Å². The third kappa shape index (κ3) is 2.82. The molecule has 2 rings (SSSR count). The van der Waals surface area contributed by atoms with Crippen LogP contribution < -0.4 is 10.5 Å². The number of aromatic hydroxyl groups is 1. The molecule has 5 heteroatoms.